The molecule has 1 aromatic carbocycles. The van der Waals surface area contributed by atoms with Crippen LogP contribution < -0.4 is 5.32 Å². The summed E-state index contributed by atoms with van der Waals surface area (Å²) in [6.07, 6.45) is 0.786. The maximum atomic E-state index is 13.1. The summed E-state index contributed by atoms with van der Waals surface area (Å²) in [7, 11) is 0. The summed E-state index contributed by atoms with van der Waals surface area (Å²) in [6, 6.07) is 8.38. The van der Waals surface area contributed by atoms with Crippen molar-refractivity contribution in [2.45, 2.75) is 47.1 Å². The molecule has 6 nitrogen and oxygen atoms in total. The molecule has 0 saturated carbocycles. The van der Waals surface area contributed by atoms with E-state index in [1.165, 1.54) is 0 Å². The van der Waals surface area contributed by atoms with Gasteiger partial charge in [-0.25, -0.2) is 0 Å². The molecule has 1 N–H and O–H groups in total. The summed E-state index contributed by atoms with van der Waals surface area (Å²) in [5.74, 6) is -0.174. The van der Waals surface area contributed by atoms with Gasteiger partial charge in [0.15, 0.2) is 0 Å². The number of nitrogens with one attached hydrogen (secondary N) is 1. The van der Waals surface area contributed by atoms with Crippen LogP contribution in [0.4, 0.5) is 0 Å². The molecular formula is C22H33N3O3. The zero-order valence-electron chi connectivity index (χ0n) is 17.7. The van der Waals surface area contributed by atoms with Gasteiger partial charge in [-0.3, -0.25) is 14.4 Å². The first-order chi connectivity index (χ1) is 13.1. The van der Waals surface area contributed by atoms with Crippen LogP contribution in [-0.2, 0) is 9.59 Å². The number of carbonyl (C=O) groups excluding carboxylic acids is 3. The molecule has 0 radical (unpaired) electrons. The minimum Gasteiger partial charge on any atom is -0.340 e. The quantitative estimate of drug-likeness (QED) is 0.844. The van der Waals surface area contributed by atoms with Gasteiger partial charge in [-0.05, 0) is 18.1 Å². The van der Waals surface area contributed by atoms with Gasteiger partial charge in [0.25, 0.3) is 5.91 Å². The molecule has 1 aromatic rings. The molecular weight excluding hydrogens is 354 g/mol. The van der Waals surface area contributed by atoms with Crippen molar-refractivity contribution >= 4 is 17.7 Å². The molecule has 0 aromatic heterocycles. The zero-order chi connectivity index (χ0) is 20.9. The maximum absolute atomic E-state index is 13.1. The van der Waals surface area contributed by atoms with Crippen LogP contribution in [0.1, 0.15) is 51.4 Å². The first kappa shape index (κ1) is 21.9. The molecule has 1 aliphatic rings. The lowest BCUT2D eigenvalue weighted by atomic mass is 9.94. The monoisotopic (exact) mass is 387 g/mol. The summed E-state index contributed by atoms with van der Waals surface area (Å²) in [5.41, 5.74) is 0.124. The molecule has 1 saturated heterocycles. The number of piperazine rings is 1. The first-order valence-electron chi connectivity index (χ1n) is 10.1. The fraction of sp³-hybridized carbons (Fsp3) is 0.591. The van der Waals surface area contributed by atoms with Crippen LogP contribution in [0.25, 0.3) is 0 Å². The van der Waals surface area contributed by atoms with E-state index in [0.29, 0.717) is 31.7 Å². The Kier molecular flexibility index (Phi) is 7.22. The molecule has 2 rings (SSSR count). The van der Waals surface area contributed by atoms with Gasteiger partial charge in [0.1, 0.15) is 6.04 Å². The summed E-state index contributed by atoms with van der Waals surface area (Å²) in [4.78, 5) is 41.8. The van der Waals surface area contributed by atoms with Gasteiger partial charge in [-0.2, -0.15) is 0 Å². The van der Waals surface area contributed by atoms with E-state index in [2.05, 4.69) is 5.32 Å². The van der Waals surface area contributed by atoms with Crippen molar-refractivity contribution in [3.05, 3.63) is 35.9 Å². The molecule has 1 heterocycles. The Hall–Kier alpha value is -2.37. The number of nitrogens with zero attached hydrogens (tertiary/aromatic N) is 2. The second-order valence-electron chi connectivity index (χ2n) is 8.57. The number of hydrogen-bond donors (Lipinski definition) is 1. The lowest BCUT2D eigenvalue weighted by Gasteiger charge is -2.39. The second kappa shape index (κ2) is 9.22. The van der Waals surface area contributed by atoms with E-state index >= 15 is 0 Å². The first-order valence-corrected chi connectivity index (χ1v) is 10.1. The highest BCUT2D eigenvalue weighted by atomic mass is 16.2. The van der Waals surface area contributed by atoms with Crippen LogP contribution in [0.15, 0.2) is 30.3 Å². The van der Waals surface area contributed by atoms with E-state index in [0.717, 1.165) is 6.42 Å². The SMILES string of the molecule is CCC(C)C(NC(=O)c1ccccc1)C(=O)N1CCN(C(=O)C(C)(C)C)CC1. The van der Waals surface area contributed by atoms with Crippen LogP contribution in [-0.4, -0.2) is 59.7 Å². The number of benzene rings is 1. The number of amides is 3. The molecule has 6 heteroatoms. The van der Waals surface area contributed by atoms with E-state index < -0.39 is 11.5 Å². The highest BCUT2D eigenvalue weighted by Crippen LogP contribution is 2.20. The summed E-state index contributed by atoms with van der Waals surface area (Å²) < 4.78 is 0. The number of carbonyl (C=O) groups is 3. The molecule has 0 bridgehead atoms. The van der Waals surface area contributed by atoms with Crippen molar-refractivity contribution in [3.8, 4) is 0 Å². The van der Waals surface area contributed by atoms with Crippen LogP contribution in [0.5, 0.6) is 0 Å². The molecule has 2 unspecified atom stereocenters. The van der Waals surface area contributed by atoms with Gasteiger partial charge in [0, 0.05) is 37.2 Å². The summed E-state index contributed by atoms with van der Waals surface area (Å²) in [5, 5.41) is 2.93. The van der Waals surface area contributed by atoms with Gasteiger partial charge in [0.05, 0.1) is 0 Å². The molecule has 0 spiro atoms. The lowest BCUT2D eigenvalue weighted by molar-refractivity contribution is -0.146. The highest BCUT2D eigenvalue weighted by molar-refractivity contribution is 5.97. The van der Waals surface area contributed by atoms with Gasteiger partial charge < -0.3 is 15.1 Å². The molecule has 1 aliphatic heterocycles. The van der Waals surface area contributed by atoms with E-state index in [-0.39, 0.29) is 23.6 Å². The summed E-state index contributed by atoms with van der Waals surface area (Å²) in [6.45, 7) is 11.8. The van der Waals surface area contributed by atoms with E-state index in [1.807, 2.05) is 45.6 Å². The molecule has 0 aliphatic carbocycles. The standard InChI is InChI=1S/C22H33N3O3/c1-6-16(2)18(23-19(26)17-10-8-7-9-11-17)20(27)24-12-14-25(15-13-24)21(28)22(3,4)5/h7-11,16,18H,6,12-15H2,1-5H3,(H,23,26). The maximum Gasteiger partial charge on any atom is 0.251 e. The Labute approximate surface area is 168 Å². The molecule has 28 heavy (non-hydrogen) atoms. The van der Waals surface area contributed by atoms with Crippen molar-refractivity contribution in [1.29, 1.82) is 0 Å². The minimum absolute atomic E-state index is 0.0226. The van der Waals surface area contributed by atoms with Gasteiger partial charge in [-0.15, -0.1) is 0 Å². The average Bonchev–Trinajstić information content (AvgIpc) is 2.70. The zero-order valence-corrected chi connectivity index (χ0v) is 17.7. The second-order valence-corrected chi connectivity index (χ2v) is 8.57. The lowest BCUT2D eigenvalue weighted by Crippen LogP contribution is -2.58. The molecule has 3 amide bonds. The summed E-state index contributed by atoms with van der Waals surface area (Å²) >= 11 is 0. The third-order valence-corrected chi connectivity index (χ3v) is 5.32. The predicted molar refractivity (Wildman–Crippen MR) is 110 cm³/mol. The third-order valence-electron chi connectivity index (χ3n) is 5.32. The minimum atomic E-state index is -0.567. The van der Waals surface area contributed by atoms with E-state index in [1.54, 1.807) is 29.2 Å². The van der Waals surface area contributed by atoms with Gasteiger partial charge in [-0.1, -0.05) is 59.2 Å². The predicted octanol–water partition coefficient (Wildman–Crippen LogP) is 2.55. The Morgan fingerprint density at radius 3 is 2.04 bits per heavy atom. The van der Waals surface area contributed by atoms with Crippen LogP contribution >= 0.6 is 0 Å². The topological polar surface area (TPSA) is 69.7 Å². The largest absolute Gasteiger partial charge is 0.340 e. The number of rotatable bonds is 5. The fourth-order valence-electron chi connectivity index (χ4n) is 3.30. The fourth-order valence-corrected chi connectivity index (χ4v) is 3.30. The smallest absolute Gasteiger partial charge is 0.251 e. The normalized spacial score (nSPS) is 17.0. The molecule has 154 valence electrons. The Morgan fingerprint density at radius 1 is 1.00 bits per heavy atom. The third kappa shape index (κ3) is 5.33. The van der Waals surface area contributed by atoms with Crippen LogP contribution in [0.2, 0.25) is 0 Å². The van der Waals surface area contributed by atoms with Crippen molar-refractivity contribution in [2.75, 3.05) is 26.2 Å². The highest BCUT2D eigenvalue weighted by Gasteiger charge is 2.34. The van der Waals surface area contributed by atoms with Crippen LogP contribution in [0, 0.1) is 11.3 Å². The van der Waals surface area contributed by atoms with Crippen LogP contribution in [0.3, 0.4) is 0 Å². The van der Waals surface area contributed by atoms with Crippen molar-refractivity contribution in [2.24, 2.45) is 11.3 Å². The number of hydrogen-bond acceptors (Lipinski definition) is 3. The van der Waals surface area contributed by atoms with Crippen molar-refractivity contribution < 1.29 is 14.4 Å². The van der Waals surface area contributed by atoms with Gasteiger partial charge >= 0.3 is 0 Å². The van der Waals surface area contributed by atoms with E-state index in [4.69, 9.17) is 0 Å². The average molecular weight is 388 g/mol. The Morgan fingerprint density at radius 2 is 1.54 bits per heavy atom. The molecule has 1 fully saturated rings. The van der Waals surface area contributed by atoms with Gasteiger partial charge in [0.2, 0.25) is 11.8 Å². The molecule has 2 atom stereocenters. The Balaban J connectivity index is 2.04. The van der Waals surface area contributed by atoms with Crippen molar-refractivity contribution in [3.63, 3.8) is 0 Å². The van der Waals surface area contributed by atoms with Crippen molar-refractivity contribution in [1.82, 2.24) is 15.1 Å². The Bertz CT molecular complexity index is 689. The van der Waals surface area contributed by atoms with E-state index in [9.17, 15) is 14.4 Å².